The lowest BCUT2D eigenvalue weighted by Gasteiger charge is -2.07. The lowest BCUT2D eigenvalue weighted by atomic mass is 10.2. The second kappa shape index (κ2) is 4.33. The number of primary amides is 1. The number of thioether (sulfide) groups is 1. The number of amides is 1. The average molecular weight is 255 g/mol. The molecule has 1 rings (SSSR count). The fraction of sp³-hybridized carbons (Fsp3) is 0.143. The second-order valence-corrected chi connectivity index (χ2v) is 3.81. The van der Waals surface area contributed by atoms with Crippen LogP contribution >= 0.6 is 35.0 Å². The van der Waals surface area contributed by atoms with Crippen LogP contribution in [0.5, 0.6) is 0 Å². The van der Waals surface area contributed by atoms with Crippen LogP contribution < -0.4 is 5.73 Å². The zero-order chi connectivity index (χ0) is 10.9. The van der Waals surface area contributed by atoms with Crippen LogP contribution in [0.3, 0.4) is 0 Å². The molecule has 1 aromatic rings. The normalized spacial score (nSPS) is 10.3. The molecule has 3 nitrogen and oxygen atoms in total. The van der Waals surface area contributed by atoms with Crippen LogP contribution in [-0.4, -0.2) is 17.1 Å². The molecule has 0 saturated carbocycles. The van der Waals surface area contributed by atoms with Crippen LogP contribution in [0, 0.1) is 5.82 Å². The van der Waals surface area contributed by atoms with E-state index in [0.717, 1.165) is 11.8 Å². The van der Waals surface area contributed by atoms with Crippen LogP contribution in [0.25, 0.3) is 0 Å². The van der Waals surface area contributed by atoms with Gasteiger partial charge in [0.15, 0.2) is 11.0 Å². The van der Waals surface area contributed by atoms with E-state index < -0.39 is 11.7 Å². The van der Waals surface area contributed by atoms with Crippen LogP contribution in [0.15, 0.2) is 4.90 Å². The van der Waals surface area contributed by atoms with Gasteiger partial charge in [-0.25, -0.2) is 9.37 Å². The molecule has 0 fully saturated rings. The summed E-state index contributed by atoms with van der Waals surface area (Å²) < 4.78 is 13.3. The van der Waals surface area contributed by atoms with E-state index in [1.807, 2.05) is 0 Å². The molecule has 0 atom stereocenters. The maximum atomic E-state index is 13.3. The molecule has 14 heavy (non-hydrogen) atoms. The summed E-state index contributed by atoms with van der Waals surface area (Å²) in [6.07, 6.45) is 1.58. The number of nitrogens with zero attached hydrogens (tertiary/aromatic N) is 1. The SMILES string of the molecule is CSc1c(F)c(Cl)nc(Cl)c1C(N)=O. The lowest BCUT2D eigenvalue weighted by Crippen LogP contribution is -2.15. The smallest absolute Gasteiger partial charge is 0.253 e. The standard InChI is InChI=1S/C7H5Cl2FN2OS/c1-14-4-2(7(11)13)5(8)12-6(9)3(4)10/h1H3,(H2,11,13). The molecule has 0 aromatic carbocycles. The summed E-state index contributed by atoms with van der Waals surface area (Å²) in [5.41, 5.74) is 4.89. The summed E-state index contributed by atoms with van der Waals surface area (Å²) in [5, 5.41) is -0.558. The molecule has 7 heteroatoms. The van der Waals surface area contributed by atoms with Gasteiger partial charge in [-0.2, -0.15) is 0 Å². The van der Waals surface area contributed by atoms with Crippen molar-refractivity contribution in [2.75, 3.05) is 6.26 Å². The van der Waals surface area contributed by atoms with Gasteiger partial charge in [0, 0.05) is 0 Å². The predicted molar refractivity (Wildman–Crippen MR) is 54.5 cm³/mol. The largest absolute Gasteiger partial charge is 0.365 e. The molecule has 1 amide bonds. The van der Waals surface area contributed by atoms with Gasteiger partial charge in [0.1, 0.15) is 5.15 Å². The molecule has 0 radical (unpaired) electrons. The van der Waals surface area contributed by atoms with E-state index in [2.05, 4.69) is 4.98 Å². The molecular formula is C7H5Cl2FN2OS. The lowest BCUT2D eigenvalue weighted by molar-refractivity contribution is 0.0996. The summed E-state index contributed by atoms with van der Waals surface area (Å²) in [7, 11) is 0. The Kier molecular flexibility index (Phi) is 3.58. The van der Waals surface area contributed by atoms with Crippen molar-refractivity contribution < 1.29 is 9.18 Å². The number of pyridine rings is 1. The van der Waals surface area contributed by atoms with Crippen molar-refractivity contribution in [2.24, 2.45) is 5.73 Å². The van der Waals surface area contributed by atoms with Crippen LogP contribution in [0.1, 0.15) is 10.4 Å². The molecule has 0 aliphatic heterocycles. The Morgan fingerprint density at radius 3 is 2.50 bits per heavy atom. The van der Waals surface area contributed by atoms with Gasteiger partial charge in [0.2, 0.25) is 0 Å². The number of carbonyl (C=O) groups is 1. The molecule has 2 N–H and O–H groups in total. The minimum atomic E-state index is -0.831. The van der Waals surface area contributed by atoms with Crippen LogP contribution in [0.4, 0.5) is 4.39 Å². The number of nitrogens with two attached hydrogens (primary N) is 1. The van der Waals surface area contributed by atoms with E-state index in [1.165, 1.54) is 0 Å². The summed E-state index contributed by atoms with van der Waals surface area (Å²) in [6.45, 7) is 0. The highest BCUT2D eigenvalue weighted by molar-refractivity contribution is 7.98. The summed E-state index contributed by atoms with van der Waals surface area (Å²) in [4.78, 5) is 14.4. The Morgan fingerprint density at radius 1 is 1.50 bits per heavy atom. The molecule has 0 saturated heterocycles. The van der Waals surface area contributed by atoms with Gasteiger partial charge in [-0.15, -0.1) is 11.8 Å². The third kappa shape index (κ3) is 1.94. The van der Waals surface area contributed by atoms with Gasteiger partial charge in [0.05, 0.1) is 10.5 Å². The van der Waals surface area contributed by atoms with Gasteiger partial charge in [-0.3, -0.25) is 4.79 Å². The second-order valence-electron chi connectivity index (χ2n) is 2.28. The van der Waals surface area contributed by atoms with Crippen LogP contribution in [-0.2, 0) is 0 Å². The third-order valence-corrected chi connectivity index (χ3v) is 2.78. The first kappa shape index (κ1) is 11.6. The molecule has 1 aromatic heterocycles. The van der Waals surface area contributed by atoms with Crippen molar-refractivity contribution >= 4 is 40.9 Å². The van der Waals surface area contributed by atoms with Crippen molar-refractivity contribution in [1.29, 1.82) is 0 Å². The van der Waals surface area contributed by atoms with Gasteiger partial charge < -0.3 is 5.73 Å². The predicted octanol–water partition coefficient (Wildman–Crippen LogP) is 2.35. The molecule has 0 aliphatic carbocycles. The first-order chi connectivity index (χ1) is 6.49. The highest BCUT2D eigenvalue weighted by Gasteiger charge is 2.20. The van der Waals surface area contributed by atoms with E-state index in [9.17, 15) is 9.18 Å². The molecule has 0 bridgehead atoms. The van der Waals surface area contributed by atoms with E-state index >= 15 is 0 Å². The van der Waals surface area contributed by atoms with Crippen molar-refractivity contribution in [3.8, 4) is 0 Å². The van der Waals surface area contributed by atoms with E-state index in [-0.39, 0.29) is 20.8 Å². The maximum Gasteiger partial charge on any atom is 0.253 e. The molecule has 0 spiro atoms. The zero-order valence-electron chi connectivity index (χ0n) is 6.97. The van der Waals surface area contributed by atoms with Crippen molar-refractivity contribution in [3.63, 3.8) is 0 Å². The number of halogens is 3. The Hall–Kier alpha value is -0.520. The quantitative estimate of drug-likeness (QED) is 0.651. The molecule has 0 unspecified atom stereocenters. The first-order valence-electron chi connectivity index (χ1n) is 3.37. The monoisotopic (exact) mass is 254 g/mol. The zero-order valence-corrected chi connectivity index (χ0v) is 9.30. The van der Waals surface area contributed by atoms with Gasteiger partial charge in [-0.1, -0.05) is 23.2 Å². The van der Waals surface area contributed by atoms with Crippen molar-refractivity contribution in [1.82, 2.24) is 4.98 Å². The van der Waals surface area contributed by atoms with E-state index in [0.29, 0.717) is 0 Å². The van der Waals surface area contributed by atoms with E-state index in [4.69, 9.17) is 28.9 Å². The van der Waals surface area contributed by atoms with Crippen molar-refractivity contribution in [3.05, 3.63) is 21.7 Å². The summed E-state index contributed by atoms with van der Waals surface area (Å²) in [5.74, 6) is -1.61. The molecule has 1 heterocycles. The fourth-order valence-corrected chi connectivity index (χ4v) is 2.18. The molecular weight excluding hydrogens is 250 g/mol. The minimum absolute atomic E-state index is 0.0162. The molecule has 76 valence electrons. The van der Waals surface area contributed by atoms with Gasteiger partial charge in [-0.05, 0) is 6.26 Å². The number of hydrogen-bond donors (Lipinski definition) is 1. The Labute approximate surface area is 93.8 Å². The van der Waals surface area contributed by atoms with E-state index in [1.54, 1.807) is 6.26 Å². The Balaban J connectivity index is 3.55. The topological polar surface area (TPSA) is 56.0 Å². The summed E-state index contributed by atoms with van der Waals surface area (Å²) in [6, 6.07) is 0. The van der Waals surface area contributed by atoms with Crippen molar-refractivity contribution in [2.45, 2.75) is 4.90 Å². The Morgan fingerprint density at radius 2 is 2.07 bits per heavy atom. The average Bonchev–Trinajstić information content (AvgIpc) is 2.09. The fourth-order valence-electron chi connectivity index (χ4n) is 0.894. The number of rotatable bonds is 2. The van der Waals surface area contributed by atoms with Gasteiger partial charge in [0.25, 0.3) is 5.91 Å². The minimum Gasteiger partial charge on any atom is -0.365 e. The number of aromatic nitrogens is 1. The highest BCUT2D eigenvalue weighted by Crippen LogP contribution is 2.31. The first-order valence-corrected chi connectivity index (χ1v) is 5.35. The maximum absolute atomic E-state index is 13.3. The molecule has 0 aliphatic rings. The number of hydrogen-bond acceptors (Lipinski definition) is 3. The third-order valence-electron chi connectivity index (χ3n) is 1.46. The summed E-state index contributed by atoms with van der Waals surface area (Å²) >= 11 is 12.0. The van der Waals surface area contributed by atoms with Crippen LogP contribution in [0.2, 0.25) is 10.3 Å². The highest BCUT2D eigenvalue weighted by atomic mass is 35.5. The van der Waals surface area contributed by atoms with Gasteiger partial charge >= 0.3 is 0 Å². The number of carbonyl (C=O) groups excluding carboxylic acids is 1. The Bertz CT molecular complexity index is 400.